The van der Waals surface area contributed by atoms with Gasteiger partial charge in [-0.2, -0.15) is 0 Å². The van der Waals surface area contributed by atoms with Crippen molar-refractivity contribution < 1.29 is 23.5 Å². The number of benzene rings is 2. The molecule has 0 radical (unpaired) electrons. The van der Waals surface area contributed by atoms with Crippen molar-refractivity contribution in [2.45, 2.75) is 13.0 Å². The summed E-state index contributed by atoms with van der Waals surface area (Å²) in [6.07, 6.45) is 0. The van der Waals surface area contributed by atoms with Gasteiger partial charge in [0.15, 0.2) is 0 Å². The molecule has 180 valence electrons. The van der Waals surface area contributed by atoms with Crippen LogP contribution in [0, 0.1) is 5.82 Å². The molecule has 3 rings (SSSR count). The molecule has 2 aromatic rings. The Morgan fingerprint density at radius 2 is 1.70 bits per heavy atom. The SMILES string of the molecule is COc1ccc(OC)c(C(C)NC(=O)N2CCN(CC(=O)Nc3ccc(F)cc3)CC2)c1.Cl. The van der Waals surface area contributed by atoms with Gasteiger partial charge in [0.1, 0.15) is 17.3 Å². The van der Waals surface area contributed by atoms with E-state index in [1.54, 1.807) is 19.1 Å². The van der Waals surface area contributed by atoms with Gasteiger partial charge in [-0.3, -0.25) is 9.69 Å². The van der Waals surface area contributed by atoms with Gasteiger partial charge in [0, 0.05) is 37.4 Å². The molecule has 0 spiro atoms. The molecule has 2 N–H and O–H groups in total. The predicted octanol–water partition coefficient (Wildman–Crippen LogP) is 3.29. The van der Waals surface area contributed by atoms with Crippen LogP contribution in [-0.4, -0.2) is 68.7 Å². The number of carbonyl (C=O) groups excluding carboxylic acids is 2. The Bertz CT molecular complexity index is 937. The Morgan fingerprint density at radius 3 is 2.30 bits per heavy atom. The van der Waals surface area contributed by atoms with E-state index < -0.39 is 0 Å². The van der Waals surface area contributed by atoms with E-state index in [9.17, 15) is 14.0 Å². The van der Waals surface area contributed by atoms with Crippen molar-refractivity contribution in [2.75, 3.05) is 52.3 Å². The minimum atomic E-state index is -0.350. The van der Waals surface area contributed by atoms with Gasteiger partial charge >= 0.3 is 6.03 Å². The van der Waals surface area contributed by atoms with E-state index in [1.165, 1.54) is 24.3 Å². The molecule has 0 aliphatic carbocycles. The summed E-state index contributed by atoms with van der Waals surface area (Å²) in [7, 11) is 3.18. The van der Waals surface area contributed by atoms with E-state index in [4.69, 9.17) is 9.47 Å². The molecule has 1 saturated heterocycles. The highest BCUT2D eigenvalue weighted by Crippen LogP contribution is 2.29. The number of hydrogen-bond donors (Lipinski definition) is 2. The molecule has 0 saturated carbocycles. The van der Waals surface area contributed by atoms with E-state index >= 15 is 0 Å². The first kappa shape index (κ1) is 26.2. The Kier molecular flexibility index (Phi) is 9.74. The summed E-state index contributed by atoms with van der Waals surface area (Å²) in [5, 5.41) is 5.76. The minimum Gasteiger partial charge on any atom is -0.497 e. The summed E-state index contributed by atoms with van der Waals surface area (Å²) in [4.78, 5) is 28.7. The fourth-order valence-corrected chi connectivity index (χ4v) is 3.58. The van der Waals surface area contributed by atoms with Gasteiger partial charge < -0.3 is 25.0 Å². The van der Waals surface area contributed by atoms with Crippen molar-refractivity contribution in [3.8, 4) is 11.5 Å². The molecule has 1 aliphatic heterocycles. The second-order valence-electron chi connectivity index (χ2n) is 7.60. The Balaban J connectivity index is 0.00000385. The van der Waals surface area contributed by atoms with Gasteiger partial charge in [-0.15, -0.1) is 12.4 Å². The lowest BCUT2D eigenvalue weighted by molar-refractivity contribution is -0.117. The van der Waals surface area contributed by atoms with Crippen LogP contribution in [0.15, 0.2) is 42.5 Å². The smallest absolute Gasteiger partial charge is 0.317 e. The molecule has 0 aromatic heterocycles. The minimum absolute atomic E-state index is 0. The quantitative estimate of drug-likeness (QED) is 0.635. The second-order valence-corrected chi connectivity index (χ2v) is 7.60. The number of piperazine rings is 1. The van der Waals surface area contributed by atoms with Crippen LogP contribution >= 0.6 is 12.4 Å². The highest BCUT2D eigenvalue weighted by molar-refractivity contribution is 5.92. The molecule has 33 heavy (non-hydrogen) atoms. The normalized spacial score (nSPS) is 14.6. The van der Waals surface area contributed by atoms with Crippen LogP contribution in [0.3, 0.4) is 0 Å². The summed E-state index contributed by atoms with van der Waals surface area (Å²) >= 11 is 0. The number of methoxy groups -OCH3 is 2. The number of rotatable bonds is 7. The summed E-state index contributed by atoms with van der Waals surface area (Å²) in [6.45, 7) is 4.30. The summed E-state index contributed by atoms with van der Waals surface area (Å²) in [6, 6.07) is 10.7. The van der Waals surface area contributed by atoms with E-state index in [0.717, 1.165) is 5.56 Å². The monoisotopic (exact) mass is 480 g/mol. The maximum absolute atomic E-state index is 13.0. The van der Waals surface area contributed by atoms with E-state index in [1.807, 2.05) is 30.0 Å². The van der Waals surface area contributed by atoms with Crippen molar-refractivity contribution in [2.24, 2.45) is 0 Å². The van der Waals surface area contributed by atoms with Crippen LogP contribution in [-0.2, 0) is 4.79 Å². The number of hydrogen-bond acceptors (Lipinski definition) is 5. The molecule has 0 bridgehead atoms. The number of amides is 3. The van der Waals surface area contributed by atoms with Crippen molar-refractivity contribution in [1.29, 1.82) is 0 Å². The Morgan fingerprint density at radius 1 is 1.03 bits per heavy atom. The zero-order valence-electron chi connectivity index (χ0n) is 19.0. The highest BCUT2D eigenvalue weighted by Gasteiger charge is 2.24. The number of halogens is 2. The summed E-state index contributed by atoms with van der Waals surface area (Å²) < 4.78 is 23.7. The second kappa shape index (κ2) is 12.3. The fourth-order valence-electron chi connectivity index (χ4n) is 3.58. The molecule has 1 atom stereocenters. The maximum Gasteiger partial charge on any atom is 0.317 e. The predicted molar refractivity (Wildman–Crippen MR) is 127 cm³/mol. The van der Waals surface area contributed by atoms with Crippen LogP contribution in [0.4, 0.5) is 14.9 Å². The first-order valence-electron chi connectivity index (χ1n) is 10.4. The van der Waals surface area contributed by atoms with Crippen molar-refractivity contribution >= 4 is 30.0 Å². The lowest BCUT2D eigenvalue weighted by Gasteiger charge is -2.35. The van der Waals surface area contributed by atoms with Crippen LogP contribution in [0.2, 0.25) is 0 Å². The number of nitrogens with zero attached hydrogens (tertiary/aromatic N) is 2. The van der Waals surface area contributed by atoms with Crippen LogP contribution in [0.5, 0.6) is 11.5 Å². The van der Waals surface area contributed by atoms with E-state index in [0.29, 0.717) is 43.4 Å². The maximum atomic E-state index is 13.0. The molecule has 1 fully saturated rings. The number of nitrogens with one attached hydrogen (secondary N) is 2. The van der Waals surface area contributed by atoms with Crippen LogP contribution < -0.4 is 20.1 Å². The van der Waals surface area contributed by atoms with Crippen LogP contribution in [0.25, 0.3) is 0 Å². The lowest BCUT2D eigenvalue weighted by Crippen LogP contribution is -2.53. The van der Waals surface area contributed by atoms with E-state index in [-0.39, 0.29) is 42.7 Å². The number of ether oxygens (including phenoxy) is 2. The number of carbonyl (C=O) groups is 2. The molecular formula is C23H30ClFN4O4. The first-order chi connectivity index (χ1) is 15.4. The topological polar surface area (TPSA) is 83.1 Å². The standard InChI is InChI=1S/C23H29FN4O4.ClH/c1-16(20-14-19(31-2)8-9-21(20)32-3)25-23(30)28-12-10-27(11-13-28)15-22(29)26-18-6-4-17(24)5-7-18;/h4-9,14,16H,10-13,15H2,1-3H3,(H,25,30)(H,26,29);1H. The van der Waals surface area contributed by atoms with Gasteiger partial charge in [-0.05, 0) is 49.4 Å². The summed E-state index contributed by atoms with van der Waals surface area (Å²) in [5.41, 5.74) is 1.38. The average molecular weight is 481 g/mol. The zero-order valence-corrected chi connectivity index (χ0v) is 19.8. The Hall–Kier alpha value is -3.04. The Labute approximate surface area is 199 Å². The van der Waals surface area contributed by atoms with E-state index in [2.05, 4.69) is 10.6 Å². The van der Waals surface area contributed by atoms with Crippen molar-refractivity contribution in [3.05, 3.63) is 53.8 Å². The highest BCUT2D eigenvalue weighted by atomic mass is 35.5. The molecule has 2 aromatic carbocycles. The van der Waals surface area contributed by atoms with Crippen LogP contribution in [0.1, 0.15) is 18.5 Å². The molecule has 1 unspecified atom stereocenters. The zero-order chi connectivity index (χ0) is 23.1. The number of urea groups is 1. The van der Waals surface area contributed by atoms with Gasteiger partial charge in [0.2, 0.25) is 5.91 Å². The average Bonchev–Trinajstić information content (AvgIpc) is 2.80. The van der Waals surface area contributed by atoms with Gasteiger partial charge in [0.25, 0.3) is 0 Å². The molecule has 10 heteroatoms. The third-order valence-electron chi connectivity index (χ3n) is 5.40. The third kappa shape index (κ3) is 7.23. The molecule has 1 aliphatic rings. The van der Waals surface area contributed by atoms with Gasteiger partial charge in [-0.25, -0.2) is 9.18 Å². The lowest BCUT2D eigenvalue weighted by atomic mass is 10.1. The van der Waals surface area contributed by atoms with Gasteiger partial charge in [0.05, 0.1) is 26.8 Å². The molecular weight excluding hydrogens is 451 g/mol. The van der Waals surface area contributed by atoms with Gasteiger partial charge in [-0.1, -0.05) is 0 Å². The third-order valence-corrected chi connectivity index (χ3v) is 5.40. The van der Waals surface area contributed by atoms with Crippen molar-refractivity contribution in [3.63, 3.8) is 0 Å². The number of anilines is 1. The molecule has 3 amide bonds. The van der Waals surface area contributed by atoms with Crippen molar-refractivity contribution in [1.82, 2.24) is 15.1 Å². The first-order valence-corrected chi connectivity index (χ1v) is 10.4. The summed E-state index contributed by atoms with van der Waals surface area (Å²) in [5.74, 6) is 0.842. The fraction of sp³-hybridized carbons (Fsp3) is 0.391. The largest absolute Gasteiger partial charge is 0.497 e. The molecule has 8 nitrogen and oxygen atoms in total. The molecule has 1 heterocycles.